The first kappa shape index (κ1) is 20.3. The summed E-state index contributed by atoms with van der Waals surface area (Å²) in [5, 5.41) is 0. The maximum atomic E-state index is 6.12. The lowest BCUT2D eigenvalue weighted by Crippen LogP contribution is -2.41. The molecule has 3 N–H and O–H groups in total. The number of hydrogen-bond donors (Lipinski definition) is 1. The second kappa shape index (κ2) is 6.28. The Labute approximate surface area is 146 Å². The van der Waals surface area contributed by atoms with Gasteiger partial charge in [-0.15, -0.1) is 12.4 Å². The van der Waals surface area contributed by atoms with E-state index in [-0.39, 0.29) is 42.5 Å². The highest BCUT2D eigenvalue weighted by Crippen LogP contribution is 2.37. The Morgan fingerprint density at radius 3 is 2.09 bits per heavy atom. The smallest absolute Gasteiger partial charge is 0.488 e. The Kier molecular flexibility index (Phi) is 5.55. The number of benzene rings is 1. The van der Waals surface area contributed by atoms with E-state index in [9.17, 15) is 0 Å². The van der Waals surface area contributed by atoms with Crippen LogP contribution < -0.4 is 16.4 Å². The number of ether oxygens (including phenoxy) is 1. The maximum absolute atomic E-state index is 6.12. The molecule has 0 aromatic heterocycles. The molecule has 1 fully saturated rings. The summed E-state index contributed by atoms with van der Waals surface area (Å²) in [6.07, 6.45) is 2.07. The van der Waals surface area contributed by atoms with Gasteiger partial charge in [-0.05, 0) is 71.5 Å². The van der Waals surface area contributed by atoms with Crippen LogP contribution in [0.2, 0.25) is 0 Å². The molecule has 0 amide bonds. The van der Waals surface area contributed by atoms with E-state index in [1.54, 1.807) is 0 Å². The third kappa shape index (κ3) is 3.68. The van der Waals surface area contributed by atoms with Gasteiger partial charge in [-0.25, -0.2) is 0 Å². The minimum absolute atomic E-state index is 0. The van der Waals surface area contributed by atoms with Crippen molar-refractivity contribution in [3.63, 3.8) is 0 Å². The molecule has 23 heavy (non-hydrogen) atoms. The Morgan fingerprint density at radius 1 is 0.957 bits per heavy atom. The van der Waals surface area contributed by atoms with E-state index in [1.807, 2.05) is 0 Å². The van der Waals surface area contributed by atoms with Crippen LogP contribution in [0.25, 0.3) is 0 Å². The monoisotopic (exact) mass is 341 g/mol. The SMILES string of the molecule is CC1(C)CCc2cc(B3OC(C)(C)C(C)(C)O3)ccc2O1.Cl.N. The summed E-state index contributed by atoms with van der Waals surface area (Å²) in [4.78, 5) is 0. The zero-order chi connectivity index (χ0) is 15.5. The van der Waals surface area contributed by atoms with Crippen molar-refractivity contribution in [3.05, 3.63) is 23.8 Å². The highest BCUT2D eigenvalue weighted by molar-refractivity contribution is 6.62. The molecule has 0 radical (unpaired) electrons. The average molecular weight is 342 g/mol. The van der Waals surface area contributed by atoms with E-state index in [1.165, 1.54) is 5.56 Å². The molecule has 130 valence electrons. The van der Waals surface area contributed by atoms with Gasteiger partial charge in [0.1, 0.15) is 11.4 Å². The molecule has 2 heterocycles. The zero-order valence-electron chi connectivity index (χ0n) is 15.1. The van der Waals surface area contributed by atoms with Crippen LogP contribution in [0, 0.1) is 0 Å². The fourth-order valence-corrected chi connectivity index (χ4v) is 2.80. The first-order valence-electron chi connectivity index (χ1n) is 7.77. The van der Waals surface area contributed by atoms with E-state index in [4.69, 9.17) is 14.0 Å². The first-order chi connectivity index (χ1) is 9.60. The summed E-state index contributed by atoms with van der Waals surface area (Å²) in [5.74, 6) is 0.992. The van der Waals surface area contributed by atoms with Crippen molar-refractivity contribution in [1.82, 2.24) is 6.15 Å². The van der Waals surface area contributed by atoms with Gasteiger partial charge < -0.3 is 20.2 Å². The van der Waals surface area contributed by atoms with Crippen molar-refractivity contribution in [2.24, 2.45) is 0 Å². The molecular formula is C17H29BClNO3. The normalized spacial score (nSPS) is 23.1. The maximum Gasteiger partial charge on any atom is 0.494 e. The summed E-state index contributed by atoms with van der Waals surface area (Å²) in [6.45, 7) is 12.6. The van der Waals surface area contributed by atoms with Crippen molar-refractivity contribution in [2.45, 2.75) is 71.2 Å². The molecule has 0 saturated carbocycles. The van der Waals surface area contributed by atoms with Gasteiger partial charge in [0.2, 0.25) is 0 Å². The zero-order valence-corrected chi connectivity index (χ0v) is 15.9. The predicted octanol–water partition coefficient (Wildman–Crippen LogP) is 3.67. The molecule has 2 aliphatic heterocycles. The number of hydrogen-bond acceptors (Lipinski definition) is 4. The van der Waals surface area contributed by atoms with E-state index < -0.39 is 0 Å². The lowest BCUT2D eigenvalue weighted by atomic mass is 9.77. The second-order valence-electron chi connectivity index (χ2n) is 7.82. The number of halogens is 1. The van der Waals surface area contributed by atoms with Gasteiger partial charge in [0, 0.05) is 0 Å². The Balaban J connectivity index is 0.00000132. The molecule has 0 spiro atoms. The van der Waals surface area contributed by atoms with Crippen LogP contribution in [0.15, 0.2) is 18.2 Å². The molecule has 0 unspecified atom stereocenters. The Bertz CT molecular complexity index is 559. The van der Waals surface area contributed by atoms with Crippen LogP contribution in [-0.4, -0.2) is 23.9 Å². The highest BCUT2D eigenvalue weighted by atomic mass is 35.5. The lowest BCUT2D eigenvalue weighted by molar-refractivity contribution is 0.00578. The van der Waals surface area contributed by atoms with Gasteiger partial charge in [-0.2, -0.15) is 0 Å². The summed E-state index contributed by atoms with van der Waals surface area (Å²) < 4.78 is 18.3. The summed E-state index contributed by atoms with van der Waals surface area (Å²) >= 11 is 0. The third-order valence-corrected chi connectivity index (χ3v) is 4.99. The quantitative estimate of drug-likeness (QED) is 0.792. The summed E-state index contributed by atoms with van der Waals surface area (Å²) in [5.41, 5.74) is 1.66. The van der Waals surface area contributed by atoms with Crippen molar-refractivity contribution in [1.29, 1.82) is 0 Å². The lowest BCUT2D eigenvalue weighted by Gasteiger charge is -2.32. The first-order valence-corrected chi connectivity index (χ1v) is 7.77. The topological polar surface area (TPSA) is 62.7 Å². The van der Waals surface area contributed by atoms with Crippen LogP contribution >= 0.6 is 12.4 Å². The van der Waals surface area contributed by atoms with Crippen LogP contribution in [0.3, 0.4) is 0 Å². The molecule has 0 bridgehead atoms. The van der Waals surface area contributed by atoms with E-state index in [2.05, 4.69) is 59.7 Å². The van der Waals surface area contributed by atoms with Gasteiger partial charge in [-0.1, -0.05) is 12.1 Å². The fourth-order valence-electron chi connectivity index (χ4n) is 2.80. The van der Waals surface area contributed by atoms with Gasteiger partial charge in [0.15, 0.2) is 0 Å². The van der Waals surface area contributed by atoms with Crippen molar-refractivity contribution in [3.8, 4) is 5.75 Å². The molecular weight excluding hydrogens is 312 g/mol. The Morgan fingerprint density at radius 2 is 1.52 bits per heavy atom. The van der Waals surface area contributed by atoms with Crippen molar-refractivity contribution in [2.75, 3.05) is 0 Å². The van der Waals surface area contributed by atoms with Crippen molar-refractivity contribution < 1.29 is 14.0 Å². The van der Waals surface area contributed by atoms with Crippen LogP contribution in [0.4, 0.5) is 0 Å². The molecule has 3 rings (SSSR count). The molecule has 4 nitrogen and oxygen atoms in total. The number of rotatable bonds is 1. The third-order valence-electron chi connectivity index (χ3n) is 4.99. The minimum Gasteiger partial charge on any atom is -0.488 e. The highest BCUT2D eigenvalue weighted by Gasteiger charge is 2.51. The van der Waals surface area contributed by atoms with Gasteiger partial charge in [-0.3, -0.25) is 0 Å². The summed E-state index contributed by atoms with van der Waals surface area (Å²) in [7, 11) is -0.296. The Hall–Kier alpha value is -0.745. The average Bonchev–Trinajstić information content (AvgIpc) is 2.57. The van der Waals surface area contributed by atoms with Crippen LogP contribution in [0.5, 0.6) is 5.75 Å². The largest absolute Gasteiger partial charge is 0.494 e. The predicted molar refractivity (Wildman–Crippen MR) is 97.5 cm³/mol. The summed E-state index contributed by atoms with van der Waals surface area (Å²) in [6, 6.07) is 6.28. The minimum atomic E-state index is -0.300. The molecule has 1 aromatic carbocycles. The van der Waals surface area contributed by atoms with Crippen LogP contribution in [0.1, 0.15) is 53.5 Å². The van der Waals surface area contributed by atoms with E-state index >= 15 is 0 Å². The number of aryl methyl sites for hydroxylation is 1. The van der Waals surface area contributed by atoms with Gasteiger partial charge in [0.05, 0.1) is 11.2 Å². The van der Waals surface area contributed by atoms with Gasteiger partial charge >= 0.3 is 7.12 Å². The molecule has 1 saturated heterocycles. The van der Waals surface area contributed by atoms with E-state index in [0.717, 1.165) is 24.1 Å². The van der Waals surface area contributed by atoms with Gasteiger partial charge in [0.25, 0.3) is 0 Å². The fraction of sp³-hybridized carbons (Fsp3) is 0.647. The second-order valence-corrected chi connectivity index (χ2v) is 7.82. The van der Waals surface area contributed by atoms with Crippen molar-refractivity contribution >= 4 is 25.0 Å². The molecule has 0 atom stereocenters. The van der Waals surface area contributed by atoms with Crippen LogP contribution in [-0.2, 0) is 15.7 Å². The van der Waals surface area contributed by atoms with E-state index in [0.29, 0.717) is 0 Å². The molecule has 0 aliphatic carbocycles. The molecule has 1 aromatic rings. The standard InChI is InChI=1S/C17H25BO3.ClH.H3N/c1-15(2)10-9-12-11-13(7-8-14(12)19-15)18-20-16(3,4)17(5,6)21-18;;/h7-8,11H,9-10H2,1-6H3;1H;1H3. The number of fused-ring (bicyclic) bond motifs is 1. The molecule has 6 heteroatoms. The molecule has 2 aliphatic rings.